The zero-order valence-electron chi connectivity index (χ0n) is 16.9. The number of carbonyl (C=O) groups excluding carboxylic acids is 1. The van der Waals surface area contributed by atoms with E-state index in [9.17, 15) is 4.79 Å². The molecule has 3 atom stereocenters. The van der Waals surface area contributed by atoms with E-state index in [-0.39, 0.29) is 18.2 Å². The standard InChI is InChI=1S/C21H30ClN5O2/c1-2-3-10-29-21(28)27-8-6-26(7-9-27)16-4-5-23-19(12-16)18-14-25-20-17(18)11-15(22)13-24-20/h4-5,13-14,16-17,20,23-24H,2-3,6-12H2,1H3. The van der Waals surface area contributed by atoms with E-state index in [4.69, 9.17) is 16.3 Å². The second-order valence-corrected chi connectivity index (χ2v) is 8.48. The molecule has 8 heteroatoms. The van der Waals surface area contributed by atoms with Gasteiger partial charge in [0, 0.05) is 67.7 Å². The van der Waals surface area contributed by atoms with Crippen LogP contribution in [0.4, 0.5) is 4.79 Å². The van der Waals surface area contributed by atoms with Crippen molar-refractivity contribution in [2.24, 2.45) is 10.9 Å². The lowest BCUT2D eigenvalue weighted by Crippen LogP contribution is -2.52. The van der Waals surface area contributed by atoms with Gasteiger partial charge in [-0.2, -0.15) is 0 Å². The van der Waals surface area contributed by atoms with Gasteiger partial charge in [0.2, 0.25) is 0 Å². The number of allylic oxidation sites excluding steroid dienone is 1. The second kappa shape index (κ2) is 9.22. The molecule has 0 aromatic heterocycles. The number of ether oxygens (including phenoxy) is 1. The third kappa shape index (κ3) is 4.61. The molecule has 29 heavy (non-hydrogen) atoms. The lowest BCUT2D eigenvalue weighted by molar-refractivity contribution is 0.0682. The molecule has 0 aromatic rings. The van der Waals surface area contributed by atoms with E-state index in [2.05, 4.69) is 33.5 Å². The van der Waals surface area contributed by atoms with Crippen LogP contribution in [0.2, 0.25) is 0 Å². The van der Waals surface area contributed by atoms with Gasteiger partial charge in [0.25, 0.3) is 0 Å². The van der Waals surface area contributed by atoms with Gasteiger partial charge in [-0.15, -0.1) is 0 Å². The van der Waals surface area contributed by atoms with E-state index in [1.165, 1.54) is 11.3 Å². The Morgan fingerprint density at radius 3 is 2.93 bits per heavy atom. The number of piperazine rings is 1. The Kier molecular flexibility index (Phi) is 6.45. The number of fused-ring (bicyclic) bond motifs is 1. The van der Waals surface area contributed by atoms with Gasteiger partial charge in [-0.25, -0.2) is 4.79 Å². The van der Waals surface area contributed by atoms with Crippen LogP contribution in [-0.2, 0) is 4.74 Å². The molecule has 158 valence electrons. The van der Waals surface area contributed by atoms with Crippen LogP contribution < -0.4 is 10.6 Å². The molecular weight excluding hydrogens is 390 g/mol. The average molecular weight is 420 g/mol. The topological polar surface area (TPSA) is 69.2 Å². The Balaban J connectivity index is 1.34. The Bertz CT molecular complexity index is 739. The maximum atomic E-state index is 12.2. The Morgan fingerprint density at radius 2 is 2.14 bits per heavy atom. The van der Waals surface area contributed by atoms with Crippen molar-refractivity contribution in [3.8, 4) is 0 Å². The molecule has 0 saturated carbocycles. The number of rotatable bonds is 4. The lowest BCUT2D eigenvalue weighted by atomic mass is 9.90. The van der Waals surface area contributed by atoms with Crippen molar-refractivity contribution in [1.29, 1.82) is 0 Å². The summed E-state index contributed by atoms with van der Waals surface area (Å²) in [5.74, 6) is 0.289. The van der Waals surface area contributed by atoms with Crippen molar-refractivity contribution in [2.45, 2.75) is 44.8 Å². The maximum absolute atomic E-state index is 12.2. The van der Waals surface area contributed by atoms with Crippen molar-refractivity contribution in [3.63, 3.8) is 0 Å². The molecule has 3 unspecified atom stereocenters. The summed E-state index contributed by atoms with van der Waals surface area (Å²) in [5, 5.41) is 7.56. The predicted molar refractivity (Wildman–Crippen MR) is 115 cm³/mol. The normalized spacial score (nSPS) is 31.7. The molecule has 1 amide bonds. The highest BCUT2D eigenvalue weighted by Crippen LogP contribution is 2.35. The number of unbranched alkanes of at least 4 members (excludes halogenated alkanes) is 1. The van der Waals surface area contributed by atoms with Gasteiger partial charge < -0.3 is 20.3 Å². The highest BCUT2D eigenvalue weighted by atomic mass is 35.5. The van der Waals surface area contributed by atoms with Gasteiger partial charge in [0.1, 0.15) is 6.17 Å². The zero-order valence-corrected chi connectivity index (χ0v) is 17.7. The van der Waals surface area contributed by atoms with E-state index < -0.39 is 0 Å². The Hall–Kier alpha value is -1.99. The molecular formula is C21H30ClN5O2. The summed E-state index contributed by atoms with van der Waals surface area (Å²) in [7, 11) is 0. The van der Waals surface area contributed by atoms with Gasteiger partial charge in [0.05, 0.1) is 6.61 Å². The van der Waals surface area contributed by atoms with Crippen molar-refractivity contribution < 1.29 is 9.53 Å². The van der Waals surface area contributed by atoms with Gasteiger partial charge in [-0.05, 0) is 24.6 Å². The van der Waals surface area contributed by atoms with Crippen molar-refractivity contribution in [3.05, 3.63) is 34.8 Å². The van der Waals surface area contributed by atoms with Gasteiger partial charge in [-0.1, -0.05) is 31.0 Å². The molecule has 4 heterocycles. The SMILES string of the molecule is CCCCOC(=O)N1CCN(C2C=CNC(=C3C=NC4NC=C(Cl)CC34)C2)CC1. The fourth-order valence-electron chi connectivity index (χ4n) is 4.34. The first kappa shape index (κ1) is 20.3. The molecule has 4 aliphatic heterocycles. The summed E-state index contributed by atoms with van der Waals surface area (Å²) in [6.07, 6.45) is 11.7. The molecule has 0 bridgehead atoms. The number of hydrogen-bond acceptors (Lipinski definition) is 6. The Labute approximate surface area is 177 Å². The fourth-order valence-corrected chi connectivity index (χ4v) is 4.57. The number of nitrogens with zero attached hydrogens (tertiary/aromatic N) is 3. The Morgan fingerprint density at radius 1 is 1.31 bits per heavy atom. The number of hydrogen-bond donors (Lipinski definition) is 2. The van der Waals surface area contributed by atoms with E-state index in [0.717, 1.165) is 43.8 Å². The van der Waals surface area contributed by atoms with Crippen LogP contribution in [0.25, 0.3) is 0 Å². The summed E-state index contributed by atoms with van der Waals surface area (Å²) in [6.45, 7) is 5.75. The number of amides is 1. The minimum absolute atomic E-state index is 0.0911. The monoisotopic (exact) mass is 419 g/mol. The molecule has 0 radical (unpaired) electrons. The molecule has 4 rings (SSSR count). The van der Waals surface area contributed by atoms with E-state index in [1.807, 2.05) is 23.5 Å². The van der Waals surface area contributed by atoms with E-state index in [0.29, 0.717) is 25.7 Å². The zero-order chi connectivity index (χ0) is 20.2. The van der Waals surface area contributed by atoms with Gasteiger partial charge in [-0.3, -0.25) is 9.89 Å². The van der Waals surface area contributed by atoms with Crippen molar-refractivity contribution >= 4 is 23.9 Å². The third-order valence-corrected chi connectivity index (χ3v) is 6.35. The average Bonchev–Trinajstić information content (AvgIpc) is 3.17. The summed E-state index contributed by atoms with van der Waals surface area (Å²) in [4.78, 5) is 21.0. The van der Waals surface area contributed by atoms with Crippen LogP contribution in [0.3, 0.4) is 0 Å². The molecule has 7 nitrogen and oxygen atoms in total. The van der Waals surface area contributed by atoms with E-state index >= 15 is 0 Å². The lowest BCUT2D eigenvalue weighted by Gasteiger charge is -2.39. The predicted octanol–water partition coefficient (Wildman–Crippen LogP) is 2.77. The fraction of sp³-hybridized carbons (Fsp3) is 0.619. The van der Waals surface area contributed by atoms with E-state index in [1.54, 1.807) is 0 Å². The minimum atomic E-state index is -0.176. The molecule has 1 saturated heterocycles. The first-order valence-corrected chi connectivity index (χ1v) is 11.0. The highest BCUT2D eigenvalue weighted by molar-refractivity contribution is 6.29. The number of aliphatic imine (C=N–C) groups is 1. The van der Waals surface area contributed by atoms with Crippen LogP contribution in [0.15, 0.2) is 39.8 Å². The maximum Gasteiger partial charge on any atom is 0.409 e. The van der Waals surface area contributed by atoms with Crippen molar-refractivity contribution in [2.75, 3.05) is 32.8 Å². The summed E-state index contributed by atoms with van der Waals surface area (Å²) in [6, 6.07) is 0.326. The molecule has 0 spiro atoms. The number of halogens is 1. The van der Waals surface area contributed by atoms with Crippen LogP contribution in [0, 0.1) is 5.92 Å². The molecule has 2 N–H and O–H groups in total. The van der Waals surface area contributed by atoms with Crippen LogP contribution in [0.1, 0.15) is 32.6 Å². The first-order chi connectivity index (χ1) is 14.2. The highest BCUT2D eigenvalue weighted by Gasteiger charge is 2.35. The first-order valence-electron chi connectivity index (χ1n) is 10.6. The molecule has 0 aliphatic carbocycles. The van der Waals surface area contributed by atoms with Crippen LogP contribution >= 0.6 is 11.6 Å². The third-order valence-electron chi connectivity index (χ3n) is 6.08. The number of nitrogens with one attached hydrogen (secondary N) is 2. The largest absolute Gasteiger partial charge is 0.449 e. The second-order valence-electron chi connectivity index (χ2n) is 7.99. The summed E-state index contributed by atoms with van der Waals surface area (Å²) in [5.41, 5.74) is 2.48. The van der Waals surface area contributed by atoms with Gasteiger partial charge >= 0.3 is 6.09 Å². The summed E-state index contributed by atoms with van der Waals surface area (Å²) >= 11 is 6.25. The van der Waals surface area contributed by atoms with Crippen LogP contribution in [0.5, 0.6) is 0 Å². The quantitative estimate of drug-likeness (QED) is 0.686. The molecule has 4 aliphatic rings. The molecule has 1 fully saturated rings. The minimum Gasteiger partial charge on any atom is -0.449 e. The smallest absolute Gasteiger partial charge is 0.409 e. The molecule has 0 aromatic carbocycles. The van der Waals surface area contributed by atoms with Crippen LogP contribution in [-0.4, -0.2) is 67.1 Å². The van der Waals surface area contributed by atoms with Crippen molar-refractivity contribution in [1.82, 2.24) is 20.4 Å². The number of carbonyl (C=O) groups is 1. The van der Waals surface area contributed by atoms with Gasteiger partial charge in [0.15, 0.2) is 0 Å². The summed E-state index contributed by atoms with van der Waals surface area (Å²) < 4.78 is 5.35.